The van der Waals surface area contributed by atoms with E-state index in [1.807, 2.05) is 0 Å². The Morgan fingerprint density at radius 3 is 2.82 bits per heavy atom. The minimum atomic E-state index is -3.57. The van der Waals surface area contributed by atoms with Crippen LogP contribution in [0, 0.1) is 5.82 Å². The number of aromatic nitrogens is 4. The lowest BCUT2D eigenvalue weighted by atomic mass is 10.1. The van der Waals surface area contributed by atoms with Gasteiger partial charge in [-0.3, -0.25) is 9.36 Å². The highest BCUT2D eigenvalue weighted by atomic mass is 31.2. The summed E-state index contributed by atoms with van der Waals surface area (Å²) in [5, 5.41) is 15.0. The third-order valence-corrected chi connectivity index (χ3v) is 6.95. The Hall–Kier alpha value is -2.92. The van der Waals surface area contributed by atoms with Gasteiger partial charge < -0.3 is 20.1 Å². The Morgan fingerprint density at radius 1 is 1.36 bits per heavy atom. The molecule has 1 aromatic carbocycles. The average molecular weight is 479 g/mol. The molecule has 2 atom stereocenters. The quantitative estimate of drug-likeness (QED) is 0.301. The molecule has 0 amide bonds. The predicted molar refractivity (Wildman–Crippen MR) is 121 cm³/mol. The number of nitrogen functional groups attached to an aromatic ring is 1. The van der Waals surface area contributed by atoms with Crippen molar-refractivity contribution >= 4 is 30.4 Å². The molecule has 3 aromatic rings. The smallest absolute Gasteiger partial charge is 0.323 e. The van der Waals surface area contributed by atoms with Crippen molar-refractivity contribution in [3.63, 3.8) is 0 Å². The number of hydrogen-bond acceptors (Lipinski definition) is 7. The fraction of sp³-hybridized carbons (Fsp3) is 0.400. The molecule has 2 aromatic heterocycles. The fourth-order valence-corrected chi connectivity index (χ4v) is 5.21. The Balaban J connectivity index is 1.70. The van der Waals surface area contributed by atoms with Crippen molar-refractivity contribution in [2.45, 2.75) is 45.5 Å². The molecule has 0 saturated heterocycles. The first-order chi connectivity index (χ1) is 15.5. The molecule has 0 bridgehead atoms. The Kier molecular flexibility index (Phi) is 7.43. The first-order valence-electron chi connectivity index (χ1n) is 10.1. The summed E-state index contributed by atoms with van der Waals surface area (Å²) in [5.41, 5.74) is 5.88. The lowest BCUT2D eigenvalue weighted by molar-refractivity contribution is -0.142. The van der Waals surface area contributed by atoms with Crippen molar-refractivity contribution in [3.8, 4) is 0 Å². The summed E-state index contributed by atoms with van der Waals surface area (Å²) < 4.78 is 34.6. The molecule has 0 aliphatic carbocycles. The van der Waals surface area contributed by atoms with Gasteiger partial charge in [-0.1, -0.05) is 12.1 Å². The Labute approximate surface area is 190 Å². The zero-order chi connectivity index (χ0) is 24.2. The lowest BCUT2D eigenvalue weighted by Crippen LogP contribution is -2.47. The molecular formula is C20H27FN7O4P. The Morgan fingerprint density at radius 2 is 2.12 bits per heavy atom. The topological polar surface area (TPSA) is 157 Å². The second kappa shape index (κ2) is 9.92. The van der Waals surface area contributed by atoms with Gasteiger partial charge in [-0.2, -0.15) is 0 Å². The summed E-state index contributed by atoms with van der Waals surface area (Å²) in [5.74, 6) is -1.34. The molecule has 11 nitrogen and oxygen atoms in total. The molecular weight excluding hydrogens is 452 g/mol. The highest BCUT2D eigenvalue weighted by Gasteiger charge is 2.36. The predicted octanol–water partition coefficient (Wildman–Crippen LogP) is 2.35. The molecule has 0 fully saturated rings. The van der Waals surface area contributed by atoms with E-state index >= 15 is 0 Å². The van der Waals surface area contributed by atoms with E-state index in [2.05, 4.69) is 25.1 Å². The highest BCUT2D eigenvalue weighted by molar-refractivity contribution is 7.59. The van der Waals surface area contributed by atoms with Gasteiger partial charge in [0.2, 0.25) is 7.44 Å². The van der Waals surface area contributed by atoms with Crippen LogP contribution in [0.5, 0.6) is 0 Å². The van der Waals surface area contributed by atoms with Crippen LogP contribution in [0.1, 0.15) is 26.3 Å². The number of rotatable bonds is 11. The molecule has 0 aliphatic heterocycles. The van der Waals surface area contributed by atoms with E-state index in [9.17, 15) is 18.9 Å². The van der Waals surface area contributed by atoms with Crippen molar-refractivity contribution in [1.29, 1.82) is 0 Å². The number of anilines is 1. The van der Waals surface area contributed by atoms with Crippen molar-refractivity contribution in [3.05, 3.63) is 48.3 Å². The van der Waals surface area contributed by atoms with Crippen LogP contribution in [0.25, 0.3) is 11.2 Å². The second-order valence-electron chi connectivity index (χ2n) is 8.18. The van der Waals surface area contributed by atoms with Crippen LogP contribution in [0.3, 0.4) is 0 Å². The molecule has 0 saturated carbocycles. The zero-order valence-electron chi connectivity index (χ0n) is 18.5. The van der Waals surface area contributed by atoms with Gasteiger partial charge >= 0.3 is 5.97 Å². The van der Waals surface area contributed by atoms with Crippen molar-refractivity contribution in [1.82, 2.24) is 29.7 Å². The maximum Gasteiger partial charge on any atom is 0.323 e. The SMILES string of the molecule is CC(Cn1cnc2c(N)ncnc21)OCP(=O)(NCc1cccc(F)c1)NC(C)(C)C(=O)O. The summed E-state index contributed by atoms with van der Waals surface area (Å²) in [6.07, 6.45) is 2.16. The number of aliphatic carboxylic acids is 1. The number of carboxylic acids is 1. The number of imidazole rings is 1. The van der Waals surface area contributed by atoms with Crippen LogP contribution in [0.2, 0.25) is 0 Å². The van der Waals surface area contributed by atoms with Gasteiger partial charge in [0.25, 0.3) is 0 Å². The highest BCUT2D eigenvalue weighted by Crippen LogP contribution is 2.39. The van der Waals surface area contributed by atoms with Gasteiger partial charge in [0.05, 0.1) is 19.0 Å². The van der Waals surface area contributed by atoms with E-state index in [1.165, 1.54) is 38.4 Å². The summed E-state index contributed by atoms with van der Waals surface area (Å²) in [4.78, 5) is 23.9. The van der Waals surface area contributed by atoms with Crippen molar-refractivity contribution in [2.75, 3.05) is 12.1 Å². The van der Waals surface area contributed by atoms with E-state index in [4.69, 9.17) is 10.5 Å². The molecule has 13 heteroatoms. The molecule has 2 heterocycles. The largest absolute Gasteiger partial charge is 0.480 e. The molecule has 0 radical (unpaired) electrons. The van der Waals surface area contributed by atoms with Crippen LogP contribution in [-0.2, 0) is 27.2 Å². The number of hydrogen-bond donors (Lipinski definition) is 4. The van der Waals surface area contributed by atoms with E-state index in [0.717, 1.165) is 0 Å². The van der Waals surface area contributed by atoms with Gasteiger partial charge in [0, 0.05) is 6.54 Å². The minimum Gasteiger partial charge on any atom is -0.480 e. The fourth-order valence-electron chi connectivity index (χ4n) is 3.08. The maximum absolute atomic E-state index is 13.6. The number of nitrogens with two attached hydrogens (primary N) is 1. The normalized spacial score (nSPS) is 14.8. The summed E-state index contributed by atoms with van der Waals surface area (Å²) >= 11 is 0. The first kappa shape index (κ1) is 24.7. The summed E-state index contributed by atoms with van der Waals surface area (Å²) in [6.45, 7) is 4.96. The van der Waals surface area contributed by atoms with Crippen LogP contribution >= 0.6 is 7.44 Å². The van der Waals surface area contributed by atoms with Crippen LogP contribution in [-0.4, -0.2) is 48.6 Å². The number of nitrogens with one attached hydrogen (secondary N) is 2. The Bertz CT molecular complexity index is 1190. The number of benzene rings is 1. The number of carbonyl (C=O) groups is 1. The minimum absolute atomic E-state index is 0.0534. The number of fused-ring (bicyclic) bond motifs is 1. The molecule has 2 unspecified atom stereocenters. The number of ether oxygens (including phenoxy) is 1. The average Bonchev–Trinajstić information content (AvgIpc) is 3.15. The first-order valence-corrected chi connectivity index (χ1v) is 12.0. The molecule has 33 heavy (non-hydrogen) atoms. The van der Waals surface area contributed by atoms with Crippen LogP contribution in [0.15, 0.2) is 36.9 Å². The number of nitrogens with zero attached hydrogens (tertiary/aromatic N) is 4. The van der Waals surface area contributed by atoms with Gasteiger partial charge in [-0.25, -0.2) is 29.5 Å². The third kappa shape index (κ3) is 6.32. The monoisotopic (exact) mass is 479 g/mol. The van der Waals surface area contributed by atoms with Gasteiger partial charge in [-0.15, -0.1) is 0 Å². The summed E-state index contributed by atoms with van der Waals surface area (Å²) in [6, 6.07) is 5.82. The maximum atomic E-state index is 13.6. The lowest BCUT2D eigenvalue weighted by Gasteiger charge is -2.30. The third-order valence-electron chi connectivity index (χ3n) is 4.85. The van der Waals surface area contributed by atoms with Gasteiger partial charge in [0.15, 0.2) is 11.5 Å². The zero-order valence-corrected chi connectivity index (χ0v) is 19.4. The van der Waals surface area contributed by atoms with Crippen molar-refractivity contribution in [2.24, 2.45) is 0 Å². The van der Waals surface area contributed by atoms with Gasteiger partial charge in [-0.05, 0) is 38.5 Å². The molecule has 178 valence electrons. The van der Waals surface area contributed by atoms with E-state index in [1.54, 1.807) is 23.9 Å². The number of halogens is 1. The van der Waals surface area contributed by atoms with E-state index in [-0.39, 0.29) is 18.7 Å². The van der Waals surface area contributed by atoms with E-state index < -0.39 is 30.9 Å². The van der Waals surface area contributed by atoms with Gasteiger partial charge in [0.1, 0.15) is 29.5 Å². The molecule has 0 spiro atoms. The molecule has 0 aliphatic rings. The summed E-state index contributed by atoms with van der Waals surface area (Å²) in [7, 11) is -3.57. The molecule has 3 rings (SSSR count). The standard InChI is InChI=1S/C20H27FN7O4P/c1-13(9-28-11-25-16-17(22)23-10-24-18(16)28)32-12-33(31,27-20(2,3)19(29)30)26-8-14-5-4-6-15(21)7-14/h4-7,10-11,13H,8-9,12H2,1-3H3,(H,29,30)(H2,22,23,24)(H2,26,27,31). The van der Waals surface area contributed by atoms with Crippen LogP contribution in [0.4, 0.5) is 10.2 Å². The second-order valence-corrected chi connectivity index (χ2v) is 10.5. The number of carboxylic acid groups (broad SMARTS) is 1. The van der Waals surface area contributed by atoms with E-state index in [0.29, 0.717) is 23.3 Å². The van der Waals surface area contributed by atoms with Crippen molar-refractivity contribution < 1.29 is 23.6 Å². The van der Waals surface area contributed by atoms with Crippen LogP contribution < -0.4 is 15.9 Å². The molecule has 5 N–H and O–H groups in total.